The van der Waals surface area contributed by atoms with Gasteiger partial charge < -0.3 is 4.74 Å². The molecule has 1 rings (SSSR count). The molecule has 1 atom stereocenters. The quantitative estimate of drug-likeness (QED) is 0.462. The Hall–Kier alpha value is 0.440. The lowest BCUT2D eigenvalue weighted by molar-refractivity contribution is 0.00977. The third-order valence-corrected chi connectivity index (χ3v) is 3.74. The molecule has 1 aliphatic rings. The first-order valence-corrected chi connectivity index (χ1v) is 7.73. The van der Waals surface area contributed by atoms with Crippen LogP contribution in [0.3, 0.4) is 0 Å². The molecule has 0 amide bonds. The Labute approximate surface area is 103 Å². The van der Waals surface area contributed by atoms with Gasteiger partial charge in [0.2, 0.25) is 0 Å². The molecular formula is C13H25BrO. The number of hydrogen-bond donors (Lipinski definition) is 0. The zero-order chi connectivity index (χ0) is 10.8. The summed E-state index contributed by atoms with van der Waals surface area (Å²) >= 11 is 3.47. The molecule has 1 aliphatic heterocycles. The van der Waals surface area contributed by atoms with Crippen LogP contribution >= 0.6 is 15.9 Å². The highest BCUT2D eigenvalue weighted by Gasteiger charge is 2.12. The van der Waals surface area contributed by atoms with Crippen molar-refractivity contribution in [3.63, 3.8) is 0 Å². The fraction of sp³-hybridized carbons (Fsp3) is 1.00. The van der Waals surface area contributed by atoms with Crippen molar-refractivity contribution >= 4 is 15.9 Å². The first-order valence-electron chi connectivity index (χ1n) is 6.61. The largest absolute Gasteiger partial charge is 0.378 e. The second kappa shape index (κ2) is 9.65. The molecule has 0 aromatic rings. The number of ether oxygens (including phenoxy) is 1. The minimum absolute atomic E-state index is 0.598. The summed E-state index contributed by atoms with van der Waals surface area (Å²) in [5.41, 5.74) is 0. The molecule has 1 heterocycles. The summed E-state index contributed by atoms with van der Waals surface area (Å²) < 4.78 is 5.72. The Bertz CT molecular complexity index is 132. The van der Waals surface area contributed by atoms with Crippen LogP contribution in [0.5, 0.6) is 0 Å². The molecule has 0 aliphatic carbocycles. The number of unbranched alkanes of at least 4 members (excludes halogenated alkanes) is 5. The van der Waals surface area contributed by atoms with Crippen molar-refractivity contribution in [2.75, 3.05) is 11.9 Å². The van der Waals surface area contributed by atoms with E-state index in [9.17, 15) is 0 Å². The molecule has 0 saturated carbocycles. The van der Waals surface area contributed by atoms with E-state index in [4.69, 9.17) is 4.74 Å². The van der Waals surface area contributed by atoms with E-state index in [-0.39, 0.29) is 0 Å². The molecule has 1 nitrogen and oxygen atoms in total. The number of rotatable bonds is 8. The van der Waals surface area contributed by atoms with E-state index in [1.165, 1.54) is 69.5 Å². The minimum atomic E-state index is 0.598. The third kappa shape index (κ3) is 7.35. The van der Waals surface area contributed by atoms with Gasteiger partial charge in [-0.25, -0.2) is 0 Å². The van der Waals surface area contributed by atoms with Crippen LogP contribution in [0.4, 0.5) is 0 Å². The summed E-state index contributed by atoms with van der Waals surface area (Å²) in [5, 5.41) is 1.17. The fourth-order valence-electron chi connectivity index (χ4n) is 2.21. The smallest absolute Gasteiger partial charge is 0.0575 e. The van der Waals surface area contributed by atoms with Crippen LogP contribution in [0.1, 0.15) is 64.2 Å². The van der Waals surface area contributed by atoms with Crippen LogP contribution < -0.4 is 0 Å². The van der Waals surface area contributed by atoms with Crippen LogP contribution in [0.2, 0.25) is 0 Å². The predicted octanol–water partition coefficient (Wildman–Crippen LogP) is 4.68. The monoisotopic (exact) mass is 276 g/mol. The lowest BCUT2D eigenvalue weighted by Crippen LogP contribution is -2.18. The zero-order valence-electron chi connectivity index (χ0n) is 9.85. The minimum Gasteiger partial charge on any atom is -0.378 e. The summed E-state index contributed by atoms with van der Waals surface area (Å²) in [7, 11) is 0. The Morgan fingerprint density at radius 1 is 0.933 bits per heavy atom. The zero-order valence-corrected chi connectivity index (χ0v) is 11.4. The van der Waals surface area contributed by atoms with Gasteiger partial charge in [0.05, 0.1) is 6.10 Å². The highest BCUT2D eigenvalue weighted by molar-refractivity contribution is 9.09. The molecule has 0 bridgehead atoms. The molecule has 0 aromatic heterocycles. The van der Waals surface area contributed by atoms with Crippen molar-refractivity contribution in [2.24, 2.45) is 0 Å². The molecule has 0 spiro atoms. The molecule has 1 saturated heterocycles. The number of hydrogen-bond acceptors (Lipinski definition) is 1. The van der Waals surface area contributed by atoms with Gasteiger partial charge in [0.25, 0.3) is 0 Å². The molecule has 0 radical (unpaired) electrons. The maximum atomic E-state index is 5.72. The second-order valence-corrected chi connectivity index (χ2v) is 5.38. The number of alkyl halides is 1. The topological polar surface area (TPSA) is 9.23 Å². The lowest BCUT2D eigenvalue weighted by atomic mass is 10.0. The number of halogens is 1. The Morgan fingerprint density at radius 3 is 2.33 bits per heavy atom. The van der Waals surface area contributed by atoms with E-state index >= 15 is 0 Å². The van der Waals surface area contributed by atoms with E-state index < -0.39 is 0 Å². The van der Waals surface area contributed by atoms with Gasteiger partial charge >= 0.3 is 0 Å². The Morgan fingerprint density at radius 2 is 1.67 bits per heavy atom. The molecule has 90 valence electrons. The molecule has 0 N–H and O–H groups in total. The van der Waals surface area contributed by atoms with Crippen molar-refractivity contribution in [3.05, 3.63) is 0 Å². The van der Waals surface area contributed by atoms with Crippen molar-refractivity contribution in [2.45, 2.75) is 70.3 Å². The van der Waals surface area contributed by atoms with Gasteiger partial charge in [-0.2, -0.15) is 0 Å². The van der Waals surface area contributed by atoms with Crippen LogP contribution in [-0.4, -0.2) is 18.0 Å². The average Bonchev–Trinajstić information content (AvgIpc) is 2.29. The summed E-state index contributed by atoms with van der Waals surface area (Å²) in [6.45, 7) is 1.01. The third-order valence-electron chi connectivity index (χ3n) is 3.18. The van der Waals surface area contributed by atoms with Crippen molar-refractivity contribution in [1.29, 1.82) is 0 Å². The van der Waals surface area contributed by atoms with Crippen molar-refractivity contribution in [3.8, 4) is 0 Å². The van der Waals surface area contributed by atoms with E-state index in [1.807, 2.05) is 0 Å². The fourth-order valence-corrected chi connectivity index (χ4v) is 2.61. The van der Waals surface area contributed by atoms with E-state index in [0.717, 1.165) is 6.61 Å². The molecule has 1 unspecified atom stereocenters. The average molecular weight is 277 g/mol. The van der Waals surface area contributed by atoms with Crippen LogP contribution in [-0.2, 0) is 4.74 Å². The normalized spacial score (nSPS) is 21.8. The maximum Gasteiger partial charge on any atom is 0.0575 e. The maximum absolute atomic E-state index is 5.72. The highest BCUT2D eigenvalue weighted by Crippen LogP contribution is 2.18. The van der Waals surface area contributed by atoms with Gasteiger partial charge in [-0.05, 0) is 32.1 Å². The summed E-state index contributed by atoms with van der Waals surface area (Å²) in [6, 6.07) is 0. The van der Waals surface area contributed by atoms with Gasteiger partial charge in [-0.3, -0.25) is 0 Å². The van der Waals surface area contributed by atoms with Crippen LogP contribution in [0, 0.1) is 0 Å². The van der Waals surface area contributed by atoms with E-state index in [1.54, 1.807) is 0 Å². The first-order chi connectivity index (χ1) is 7.43. The lowest BCUT2D eigenvalue weighted by Gasteiger charge is -2.22. The molecular weight excluding hydrogens is 252 g/mol. The van der Waals surface area contributed by atoms with Gasteiger partial charge in [-0.15, -0.1) is 0 Å². The second-order valence-electron chi connectivity index (χ2n) is 4.59. The Balaban J connectivity index is 1.79. The molecule has 2 heteroatoms. The van der Waals surface area contributed by atoms with Crippen LogP contribution in [0.25, 0.3) is 0 Å². The van der Waals surface area contributed by atoms with Crippen LogP contribution in [0.15, 0.2) is 0 Å². The van der Waals surface area contributed by atoms with Gasteiger partial charge in [-0.1, -0.05) is 48.0 Å². The summed E-state index contributed by atoms with van der Waals surface area (Å²) in [6.07, 6.45) is 14.2. The standard InChI is InChI=1S/C13H25BrO/c14-11-7-4-2-1-3-5-9-13-10-6-8-12-15-13/h13H,1-12H2. The van der Waals surface area contributed by atoms with E-state index in [2.05, 4.69) is 15.9 Å². The molecule has 1 fully saturated rings. The summed E-state index contributed by atoms with van der Waals surface area (Å²) in [5.74, 6) is 0. The van der Waals surface area contributed by atoms with Gasteiger partial charge in [0, 0.05) is 11.9 Å². The highest BCUT2D eigenvalue weighted by atomic mass is 79.9. The van der Waals surface area contributed by atoms with E-state index in [0.29, 0.717) is 6.10 Å². The van der Waals surface area contributed by atoms with Gasteiger partial charge in [0.15, 0.2) is 0 Å². The molecule has 0 aromatic carbocycles. The summed E-state index contributed by atoms with van der Waals surface area (Å²) in [4.78, 5) is 0. The van der Waals surface area contributed by atoms with Crippen molar-refractivity contribution < 1.29 is 4.74 Å². The molecule has 15 heavy (non-hydrogen) atoms. The Kier molecular flexibility index (Phi) is 8.69. The predicted molar refractivity (Wildman–Crippen MR) is 69.7 cm³/mol. The van der Waals surface area contributed by atoms with Gasteiger partial charge in [0.1, 0.15) is 0 Å². The SMILES string of the molecule is BrCCCCCCCCC1CCCCO1. The van der Waals surface area contributed by atoms with Crippen molar-refractivity contribution in [1.82, 2.24) is 0 Å². The first kappa shape index (κ1) is 13.5.